The molecule has 0 aliphatic heterocycles. The van der Waals surface area contributed by atoms with Crippen LogP contribution in [0.1, 0.15) is 25.7 Å². The van der Waals surface area contributed by atoms with Gasteiger partial charge in [0.2, 0.25) is 5.91 Å². The van der Waals surface area contributed by atoms with E-state index in [1.165, 1.54) is 13.3 Å². The fourth-order valence-electron chi connectivity index (χ4n) is 1.02. The van der Waals surface area contributed by atoms with E-state index in [-0.39, 0.29) is 0 Å². The zero-order valence-corrected chi connectivity index (χ0v) is 10.1. The van der Waals surface area contributed by atoms with Gasteiger partial charge in [-0.05, 0) is 13.8 Å². The van der Waals surface area contributed by atoms with Crippen LogP contribution in [0.15, 0.2) is 6.33 Å². The fourth-order valence-corrected chi connectivity index (χ4v) is 1.47. The molecule has 16 heavy (non-hydrogen) atoms. The molecule has 1 aromatic heterocycles. The maximum Gasteiger partial charge on any atom is 0.238 e. The van der Waals surface area contributed by atoms with Gasteiger partial charge in [-0.15, -0.1) is 0 Å². The summed E-state index contributed by atoms with van der Waals surface area (Å²) in [6.07, 6.45) is 2.34. The third-order valence-electron chi connectivity index (χ3n) is 2.21. The molecule has 0 aliphatic carbocycles. The van der Waals surface area contributed by atoms with Crippen LogP contribution in [0.4, 0.5) is 0 Å². The van der Waals surface area contributed by atoms with Crippen molar-refractivity contribution >= 4 is 15.7 Å². The predicted molar refractivity (Wildman–Crippen MR) is 57.2 cm³/mol. The number of nitrogens with one attached hydrogen (secondary N) is 2. The molecular formula is C8H14N4O3S. The first-order chi connectivity index (χ1) is 7.32. The highest BCUT2D eigenvalue weighted by molar-refractivity contribution is 7.92. The molecule has 0 aromatic carbocycles. The number of hydrogen-bond donors (Lipinski definition) is 2. The number of carbonyl (C=O) groups excluding carboxylic acids is 1. The zero-order chi connectivity index (χ0) is 12.3. The first-order valence-electron chi connectivity index (χ1n) is 4.67. The summed E-state index contributed by atoms with van der Waals surface area (Å²) in [6, 6.07) is -0.404. The number of rotatable bonds is 4. The molecule has 1 heterocycles. The van der Waals surface area contributed by atoms with Gasteiger partial charge in [-0.2, -0.15) is 5.10 Å². The van der Waals surface area contributed by atoms with Crippen molar-refractivity contribution in [3.05, 3.63) is 12.2 Å². The van der Waals surface area contributed by atoms with Gasteiger partial charge in [0.15, 0.2) is 9.84 Å². The maximum absolute atomic E-state index is 11.5. The molecule has 7 nitrogen and oxygen atoms in total. The molecule has 1 aromatic rings. The van der Waals surface area contributed by atoms with E-state index in [2.05, 4.69) is 20.5 Å². The quantitative estimate of drug-likeness (QED) is 0.739. The molecule has 0 aliphatic rings. The highest BCUT2D eigenvalue weighted by Crippen LogP contribution is 2.06. The Morgan fingerprint density at radius 1 is 1.50 bits per heavy atom. The Morgan fingerprint density at radius 3 is 2.56 bits per heavy atom. The lowest BCUT2D eigenvalue weighted by Gasteiger charge is -2.14. The number of H-pyrrole nitrogens is 1. The molecule has 2 atom stereocenters. The molecule has 1 amide bonds. The van der Waals surface area contributed by atoms with Crippen LogP contribution >= 0.6 is 0 Å². The van der Waals surface area contributed by atoms with Crippen molar-refractivity contribution in [2.45, 2.75) is 25.1 Å². The topological polar surface area (TPSA) is 105 Å². The van der Waals surface area contributed by atoms with Crippen molar-refractivity contribution in [2.24, 2.45) is 0 Å². The molecule has 0 saturated heterocycles. The Kier molecular flexibility index (Phi) is 3.63. The fraction of sp³-hybridized carbons (Fsp3) is 0.625. The van der Waals surface area contributed by atoms with Crippen LogP contribution in [0.25, 0.3) is 0 Å². The third kappa shape index (κ3) is 3.02. The summed E-state index contributed by atoms with van der Waals surface area (Å²) < 4.78 is 22.3. The molecule has 90 valence electrons. The van der Waals surface area contributed by atoms with Crippen LogP contribution in [0.5, 0.6) is 0 Å². The van der Waals surface area contributed by atoms with Crippen LogP contribution in [-0.4, -0.2) is 41.0 Å². The van der Waals surface area contributed by atoms with Gasteiger partial charge in [0.05, 0.1) is 6.04 Å². The predicted octanol–water partition coefficient (Wildman–Crippen LogP) is -0.585. The van der Waals surface area contributed by atoms with Gasteiger partial charge in [0.1, 0.15) is 17.4 Å². The average Bonchev–Trinajstić information content (AvgIpc) is 2.67. The van der Waals surface area contributed by atoms with Crippen LogP contribution in [0.3, 0.4) is 0 Å². The van der Waals surface area contributed by atoms with Gasteiger partial charge >= 0.3 is 0 Å². The molecule has 0 bridgehead atoms. The van der Waals surface area contributed by atoms with Crippen LogP contribution in [0, 0.1) is 0 Å². The lowest BCUT2D eigenvalue weighted by Crippen LogP contribution is -2.39. The number of amides is 1. The monoisotopic (exact) mass is 246 g/mol. The first kappa shape index (κ1) is 12.6. The van der Waals surface area contributed by atoms with Gasteiger partial charge in [-0.25, -0.2) is 13.4 Å². The van der Waals surface area contributed by atoms with Crippen LogP contribution in [0.2, 0.25) is 0 Å². The molecule has 0 radical (unpaired) electrons. The van der Waals surface area contributed by atoms with E-state index >= 15 is 0 Å². The van der Waals surface area contributed by atoms with E-state index in [9.17, 15) is 13.2 Å². The molecule has 0 spiro atoms. The summed E-state index contributed by atoms with van der Waals surface area (Å²) in [4.78, 5) is 15.4. The van der Waals surface area contributed by atoms with Gasteiger partial charge < -0.3 is 5.32 Å². The van der Waals surface area contributed by atoms with Gasteiger partial charge in [-0.3, -0.25) is 9.89 Å². The molecule has 0 saturated carbocycles. The highest BCUT2D eigenvalue weighted by atomic mass is 32.2. The summed E-state index contributed by atoms with van der Waals surface area (Å²) >= 11 is 0. The molecule has 1 rings (SSSR count). The summed E-state index contributed by atoms with van der Waals surface area (Å²) in [6.45, 7) is 3.03. The average molecular weight is 246 g/mol. The largest absolute Gasteiger partial charge is 0.345 e. The summed E-state index contributed by atoms with van der Waals surface area (Å²) in [5.41, 5.74) is 0. The molecule has 2 unspecified atom stereocenters. The van der Waals surface area contributed by atoms with E-state index in [0.717, 1.165) is 6.26 Å². The van der Waals surface area contributed by atoms with E-state index < -0.39 is 27.0 Å². The van der Waals surface area contributed by atoms with E-state index in [1.54, 1.807) is 6.92 Å². The van der Waals surface area contributed by atoms with E-state index in [1.807, 2.05) is 0 Å². The second-order valence-corrected chi connectivity index (χ2v) is 5.94. The Morgan fingerprint density at radius 2 is 2.12 bits per heavy atom. The second kappa shape index (κ2) is 4.60. The summed E-state index contributed by atoms with van der Waals surface area (Å²) in [7, 11) is -3.37. The normalized spacial score (nSPS) is 15.4. The first-order valence-corrected chi connectivity index (χ1v) is 6.62. The second-order valence-electron chi connectivity index (χ2n) is 3.57. The van der Waals surface area contributed by atoms with Gasteiger partial charge in [0.25, 0.3) is 0 Å². The Labute approximate surface area is 93.6 Å². The Bertz CT molecular complexity index is 454. The smallest absolute Gasteiger partial charge is 0.238 e. The number of nitrogens with zero attached hydrogens (tertiary/aromatic N) is 2. The zero-order valence-electron chi connectivity index (χ0n) is 9.26. The number of aromatic amines is 1. The van der Waals surface area contributed by atoms with Crippen LogP contribution in [-0.2, 0) is 14.6 Å². The minimum absolute atomic E-state index is 0.404. The molecule has 2 N–H and O–H groups in total. The molecule has 0 fully saturated rings. The lowest BCUT2D eigenvalue weighted by atomic mass is 10.3. The van der Waals surface area contributed by atoms with E-state index in [4.69, 9.17) is 0 Å². The van der Waals surface area contributed by atoms with E-state index in [0.29, 0.717) is 5.82 Å². The van der Waals surface area contributed by atoms with Crippen LogP contribution < -0.4 is 5.32 Å². The standard InChI is InChI=1S/C8H14N4O3S/c1-5(7-9-4-10-12-7)11-8(13)6(2)16(3,14)15/h4-6H,1-3H3,(H,11,13)(H,9,10,12). The molecule has 8 heteroatoms. The maximum atomic E-state index is 11.5. The SMILES string of the molecule is CC(NC(=O)C(C)S(C)(=O)=O)c1ncn[nH]1. The van der Waals surface area contributed by atoms with Gasteiger partial charge in [0, 0.05) is 6.26 Å². The van der Waals surface area contributed by atoms with Crippen molar-refractivity contribution in [1.29, 1.82) is 0 Å². The molecular weight excluding hydrogens is 232 g/mol. The Hall–Kier alpha value is -1.44. The van der Waals surface area contributed by atoms with Crippen molar-refractivity contribution in [3.63, 3.8) is 0 Å². The lowest BCUT2D eigenvalue weighted by molar-refractivity contribution is -0.121. The van der Waals surface area contributed by atoms with Crippen molar-refractivity contribution in [3.8, 4) is 0 Å². The highest BCUT2D eigenvalue weighted by Gasteiger charge is 2.25. The van der Waals surface area contributed by atoms with Gasteiger partial charge in [-0.1, -0.05) is 0 Å². The van der Waals surface area contributed by atoms with Crippen molar-refractivity contribution in [2.75, 3.05) is 6.26 Å². The summed E-state index contributed by atoms with van der Waals surface area (Å²) in [5, 5.41) is 7.70. The third-order valence-corrected chi connectivity index (χ3v) is 3.71. The Balaban J connectivity index is 2.66. The number of hydrogen-bond acceptors (Lipinski definition) is 5. The minimum Gasteiger partial charge on any atom is -0.345 e. The number of sulfone groups is 1. The minimum atomic E-state index is -3.37. The number of aromatic nitrogens is 3. The van der Waals surface area contributed by atoms with Crippen molar-refractivity contribution in [1.82, 2.24) is 20.5 Å². The number of carbonyl (C=O) groups is 1. The van der Waals surface area contributed by atoms with Crippen molar-refractivity contribution < 1.29 is 13.2 Å². The summed E-state index contributed by atoms with van der Waals surface area (Å²) in [5.74, 6) is -0.0690.